The van der Waals surface area contributed by atoms with Crippen LogP contribution < -0.4 is 5.73 Å². The van der Waals surface area contributed by atoms with E-state index < -0.39 is 0 Å². The van der Waals surface area contributed by atoms with E-state index in [2.05, 4.69) is 12.0 Å². The van der Waals surface area contributed by atoms with Crippen molar-refractivity contribution in [3.8, 4) is 0 Å². The first-order valence-electron chi connectivity index (χ1n) is 5.89. The van der Waals surface area contributed by atoms with Gasteiger partial charge >= 0.3 is 0 Å². The van der Waals surface area contributed by atoms with E-state index in [1.165, 1.54) is 12.1 Å². The molecule has 0 bridgehead atoms. The summed E-state index contributed by atoms with van der Waals surface area (Å²) >= 11 is 1.68. The zero-order valence-electron chi connectivity index (χ0n) is 10.3. The molecule has 0 saturated carbocycles. The Hall–Kier alpha value is -1.49. The van der Waals surface area contributed by atoms with Gasteiger partial charge in [-0.15, -0.1) is 11.8 Å². The van der Waals surface area contributed by atoms with Gasteiger partial charge in [0.25, 0.3) is 0 Å². The maximum Gasteiger partial charge on any atom is 0.123 e. The van der Waals surface area contributed by atoms with Gasteiger partial charge in [-0.25, -0.2) is 9.07 Å². The lowest BCUT2D eigenvalue weighted by atomic mass is 10.2. The highest BCUT2D eigenvalue weighted by Crippen LogP contribution is 2.20. The van der Waals surface area contributed by atoms with Crippen LogP contribution in [0.25, 0.3) is 0 Å². The van der Waals surface area contributed by atoms with Crippen molar-refractivity contribution in [2.75, 3.05) is 11.5 Å². The maximum absolute atomic E-state index is 13.1. The van der Waals surface area contributed by atoms with Crippen molar-refractivity contribution in [1.82, 2.24) is 9.78 Å². The Bertz CT molecular complexity index is 525. The van der Waals surface area contributed by atoms with E-state index in [0.29, 0.717) is 12.4 Å². The number of hydrogen-bond donors (Lipinski definition) is 1. The minimum absolute atomic E-state index is 0.237. The molecule has 0 aliphatic heterocycles. The van der Waals surface area contributed by atoms with Crippen molar-refractivity contribution >= 4 is 17.6 Å². The maximum atomic E-state index is 13.1. The van der Waals surface area contributed by atoms with Crippen LogP contribution in [0.3, 0.4) is 0 Å². The zero-order valence-corrected chi connectivity index (χ0v) is 11.1. The summed E-state index contributed by atoms with van der Waals surface area (Å²) in [6, 6.07) is 8.35. The Kier molecular flexibility index (Phi) is 4.25. The average molecular weight is 265 g/mol. The fraction of sp³-hybridized carbons (Fsp3) is 0.308. The third-order valence-electron chi connectivity index (χ3n) is 2.46. The number of halogens is 1. The van der Waals surface area contributed by atoms with Gasteiger partial charge in [0.15, 0.2) is 0 Å². The van der Waals surface area contributed by atoms with E-state index in [4.69, 9.17) is 5.73 Å². The van der Waals surface area contributed by atoms with Crippen molar-refractivity contribution in [2.45, 2.75) is 24.9 Å². The molecule has 2 N–H and O–H groups in total. The molecule has 1 heterocycles. The molecular weight excluding hydrogens is 249 g/mol. The SMILES string of the molecule is CCCSc1cc(N)n(Cc2cccc(F)c2)n1. The smallest absolute Gasteiger partial charge is 0.123 e. The van der Waals surface area contributed by atoms with Crippen LogP contribution in [0.4, 0.5) is 10.2 Å². The summed E-state index contributed by atoms with van der Waals surface area (Å²) in [6.45, 7) is 2.62. The number of aromatic nitrogens is 2. The molecule has 96 valence electrons. The monoisotopic (exact) mass is 265 g/mol. The lowest BCUT2D eigenvalue weighted by Crippen LogP contribution is -2.05. The van der Waals surface area contributed by atoms with Gasteiger partial charge < -0.3 is 5.73 Å². The summed E-state index contributed by atoms with van der Waals surface area (Å²) in [5, 5.41) is 5.33. The van der Waals surface area contributed by atoms with Crippen LogP contribution in [0.15, 0.2) is 35.4 Å². The largest absolute Gasteiger partial charge is 0.384 e. The molecule has 0 unspecified atom stereocenters. The standard InChI is InChI=1S/C13H16FN3S/c1-2-6-18-13-8-12(15)17(16-13)9-10-4-3-5-11(14)7-10/h3-5,7-8H,2,6,9,15H2,1H3. The van der Waals surface area contributed by atoms with Crippen molar-refractivity contribution in [2.24, 2.45) is 0 Å². The molecule has 3 nitrogen and oxygen atoms in total. The molecule has 0 atom stereocenters. The Balaban J connectivity index is 2.11. The fourth-order valence-corrected chi connectivity index (χ4v) is 2.39. The quantitative estimate of drug-likeness (QED) is 0.845. The van der Waals surface area contributed by atoms with Gasteiger partial charge in [0.05, 0.1) is 6.54 Å². The first-order valence-corrected chi connectivity index (χ1v) is 6.88. The molecule has 1 aromatic carbocycles. The number of nitrogen functional groups attached to an aromatic ring is 1. The van der Waals surface area contributed by atoms with E-state index in [1.807, 2.05) is 12.1 Å². The molecular formula is C13H16FN3S. The molecule has 0 fully saturated rings. The van der Waals surface area contributed by atoms with E-state index >= 15 is 0 Å². The minimum Gasteiger partial charge on any atom is -0.384 e. The molecule has 18 heavy (non-hydrogen) atoms. The second-order valence-electron chi connectivity index (χ2n) is 4.04. The van der Waals surface area contributed by atoms with Crippen molar-refractivity contribution in [3.05, 3.63) is 41.7 Å². The third-order valence-corrected chi connectivity index (χ3v) is 3.57. The Morgan fingerprint density at radius 2 is 2.22 bits per heavy atom. The van der Waals surface area contributed by atoms with E-state index in [-0.39, 0.29) is 5.82 Å². The summed E-state index contributed by atoms with van der Waals surface area (Å²) < 4.78 is 14.8. The highest BCUT2D eigenvalue weighted by molar-refractivity contribution is 7.99. The second-order valence-corrected chi connectivity index (χ2v) is 5.16. The minimum atomic E-state index is -0.237. The van der Waals surface area contributed by atoms with Crippen molar-refractivity contribution in [3.63, 3.8) is 0 Å². The summed E-state index contributed by atoms with van der Waals surface area (Å²) in [5.41, 5.74) is 6.75. The Morgan fingerprint density at radius 3 is 2.94 bits per heavy atom. The number of rotatable bonds is 5. The van der Waals surface area contributed by atoms with Gasteiger partial charge in [-0.3, -0.25) is 0 Å². The van der Waals surface area contributed by atoms with Crippen LogP contribution in [0.1, 0.15) is 18.9 Å². The summed E-state index contributed by atoms with van der Waals surface area (Å²) in [5.74, 6) is 1.40. The molecule has 0 saturated heterocycles. The zero-order chi connectivity index (χ0) is 13.0. The van der Waals surface area contributed by atoms with Crippen LogP contribution in [-0.2, 0) is 6.54 Å². The van der Waals surface area contributed by atoms with E-state index in [9.17, 15) is 4.39 Å². The average Bonchev–Trinajstić information content (AvgIpc) is 2.68. The number of benzene rings is 1. The Labute approximate surface area is 110 Å². The molecule has 0 amide bonds. The van der Waals surface area contributed by atoms with Gasteiger partial charge in [-0.2, -0.15) is 5.10 Å². The molecule has 2 rings (SSSR count). The number of thioether (sulfide) groups is 1. The van der Waals surface area contributed by atoms with Crippen LogP contribution >= 0.6 is 11.8 Å². The van der Waals surface area contributed by atoms with Crippen LogP contribution in [0.2, 0.25) is 0 Å². The normalized spacial score (nSPS) is 10.8. The lowest BCUT2D eigenvalue weighted by Gasteiger charge is -2.04. The molecule has 0 spiro atoms. The predicted molar refractivity (Wildman–Crippen MR) is 73.2 cm³/mol. The molecule has 0 aliphatic carbocycles. The van der Waals surface area contributed by atoms with Gasteiger partial charge in [0.2, 0.25) is 0 Å². The van der Waals surface area contributed by atoms with Gasteiger partial charge in [-0.05, 0) is 29.9 Å². The molecule has 2 aromatic rings. The Morgan fingerprint density at radius 1 is 1.39 bits per heavy atom. The summed E-state index contributed by atoms with van der Waals surface area (Å²) in [7, 11) is 0. The highest BCUT2D eigenvalue weighted by atomic mass is 32.2. The lowest BCUT2D eigenvalue weighted by molar-refractivity contribution is 0.618. The topological polar surface area (TPSA) is 43.8 Å². The molecule has 0 aliphatic rings. The number of hydrogen-bond acceptors (Lipinski definition) is 3. The number of anilines is 1. The molecule has 5 heteroatoms. The predicted octanol–water partition coefficient (Wildman–Crippen LogP) is 3.15. The molecule has 1 aromatic heterocycles. The first-order chi connectivity index (χ1) is 8.69. The van der Waals surface area contributed by atoms with Crippen LogP contribution in [-0.4, -0.2) is 15.5 Å². The third kappa shape index (κ3) is 3.26. The summed E-state index contributed by atoms with van der Waals surface area (Å²) in [6.07, 6.45) is 1.10. The molecule has 0 radical (unpaired) electrons. The second kappa shape index (κ2) is 5.91. The van der Waals surface area contributed by atoms with Crippen LogP contribution in [0.5, 0.6) is 0 Å². The number of nitrogens with zero attached hydrogens (tertiary/aromatic N) is 2. The van der Waals surface area contributed by atoms with Crippen molar-refractivity contribution in [1.29, 1.82) is 0 Å². The summed E-state index contributed by atoms with van der Waals surface area (Å²) in [4.78, 5) is 0. The fourth-order valence-electron chi connectivity index (χ4n) is 1.62. The van der Waals surface area contributed by atoms with E-state index in [1.54, 1.807) is 22.5 Å². The number of nitrogens with two attached hydrogens (primary N) is 1. The van der Waals surface area contributed by atoms with Crippen LogP contribution in [0, 0.1) is 5.82 Å². The van der Waals surface area contributed by atoms with Gasteiger partial charge in [0, 0.05) is 6.07 Å². The highest BCUT2D eigenvalue weighted by Gasteiger charge is 2.06. The first kappa shape index (κ1) is 13.0. The van der Waals surface area contributed by atoms with Crippen molar-refractivity contribution < 1.29 is 4.39 Å². The van der Waals surface area contributed by atoms with Gasteiger partial charge in [0.1, 0.15) is 16.7 Å². The van der Waals surface area contributed by atoms with Gasteiger partial charge in [-0.1, -0.05) is 19.1 Å². The van der Waals surface area contributed by atoms with E-state index in [0.717, 1.165) is 22.8 Å².